The molecule has 0 saturated carbocycles. The topological polar surface area (TPSA) is 48.1 Å². The minimum atomic E-state index is -0.605. The van der Waals surface area contributed by atoms with Crippen LogP contribution in [0.4, 0.5) is 0 Å². The van der Waals surface area contributed by atoms with Gasteiger partial charge in [0.2, 0.25) is 0 Å². The summed E-state index contributed by atoms with van der Waals surface area (Å²) in [5.74, 6) is -0.190. The molecule has 1 aromatic heterocycles. The number of esters is 1. The van der Waals surface area contributed by atoms with Gasteiger partial charge in [0.1, 0.15) is 0 Å². The van der Waals surface area contributed by atoms with E-state index in [0.717, 1.165) is 45.3 Å². The first-order valence-corrected chi connectivity index (χ1v) is 8.56. The Labute approximate surface area is 130 Å². The molecule has 1 saturated heterocycles. The zero-order valence-corrected chi connectivity index (χ0v) is 13.5. The van der Waals surface area contributed by atoms with E-state index in [0.29, 0.717) is 13.2 Å². The molecule has 0 spiro atoms. The largest absolute Gasteiger partial charge is 0.464 e. The zero-order chi connectivity index (χ0) is 15.0. The minimum Gasteiger partial charge on any atom is -0.464 e. The summed E-state index contributed by atoms with van der Waals surface area (Å²) in [5, 5.41) is 2.07. The van der Waals surface area contributed by atoms with Gasteiger partial charge in [-0.2, -0.15) is 0 Å². The number of ether oxygens (including phenoxy) is 3. The third-order valence-corrected chi connectivity index (χ3v) is 4.43. The fourth-order valence-electron chi connectivity index (χ4n) is 2.25. The van der Waals surface area contributed by atoms with Gasteiger partial charge in [0.05, 0.1) is 19.8 Å². The summed E-state index contributed by atoms with van der Waals surface area (Å²) in [5.41, 5.74) is -0.605. The van der Waals surface area contributed by atoms with E-state index in [1.54, 1.807) is 11.3 Å². The van der Waals surface area contributed by atoms with E-state index in [-0.39, 0.29) is 5.97 Å². The standard InChI is InChI=1S/C16H24O4S/c1-2-19-15(17)16(13-20-16)9-5-3-4-6-10-18-12-14-8-7-11-21-14/h7-8,11H,2-6,9-10,12-13H2,1H3. The monoisotopic (exact) mass is 312 g/mol. The number of rotatable bonds is 11. The molecule has 0 bridgehead atoms. The molecule has 118 valence electrons. The lowest BCUT2D eigenvalue weighted by Gasteiger charge is -2.10. The van der Waals surface area contributed by atoms with Gasteiger partial charge >= 0.3 is 5.97 Å². The van der Waals surface area contributed by atoms with Crippen molar-refractivity contribution < 1.29 is 19.0 Å². The van der Waals surface area contributed by atoms with Crippen molar-refractivity contribution in [2.45, 2.75) is 51.2 Å². The summed E-state index contributed by atoms with van der Waals surface area (Å²) in [6, 6.07) is 4.14. The summed E-state index contributed by atoms with van der Waals surface area (Å²) in [4.78, 5) is 13.0. The fraction of sp³-hybridized carbons (Fsp3) is 0.688. The predicted molar refractivity (Wildman–Crippen MR) is 82.4 cm³/mol. The Hall–Kier alpha value is -0.910. The van der Waals surface area contributed by atoms with Gasteiger partial charge < -0.3 is 14.2 Å². The summed E-state index contributed by atoms with van der Waals surface area (Å²) in [6.45, 7) is 4.29. The Kier molecular flexibility index (Phi) is 6.67. The first-order valence-electron chi connectivity index (χ1n) is 7.68. The molecule has 1 unspecified atom stereocenters. The number of unbranched alkanes of at least 4 members (excludes halogenated alkanes) is 3. The average molecular weight is 312 g/mol. The van der Waals surface area contributed by atoms with Gasteiger partial charge in [0.15, 0.2) is 5.60 Å². The van der Waals surface area contributed by atoms with Gasteiger partial charge in [-0.1, -0.05) is 18.9 Å². The first kappa shape index (κ1) is 16.5. The molecule has 1 atom stereocenters. The van der Waals surface area contributed by atoms with Crippen LogP contribution in [0, 0.1) is 0 Å². The number of thiophene rings is 1. The smallest absolute Gasteiger partial charge is 0.340 e. The third-order valence-electron chi connectivity index (χ3n) is 3.58. The highest BCUT2D eigenvalue weighted by atomic mass is 32.1. The molecule has 2 rings (SSSR count). The van der Waals surface area contributed by atoms with Crippen molar-refractivity contribution in [2.24, 2.45) is 0 Å². The van der Waals surface area contributed by atoms with Gasteiger partial charge in [-0.25, -0.2) is 4.79 Å². The Morgan fingerprint density at radius 2 is 2.19 bits per heavy atom. The Morgan fingerprint density at radius 3 is 2.86 bits per heavy atom. The van der Waals surface area contributed by atoms with Crippen LogP contribution in [0.15, 0.2) is 17.5 Å². The lowest BCUT2D eigenvalue weighted by Crippen LogP contribution is -2.27. The van der Waals surface area contributed by atoms with Crippen LogP contribution in [-0.4, -0.2) is 31.4 Å². The number of hydrogen-bond acceptors (Lipinski definition) is 5. The van der Waals surface area contributed by atoms with Crippen molar-refractivity contribution in [3.8, 4) is 0 Å². The van der Waals surface area contributed by atoms with Gasteiger partial charge in [-0.05, 0) is 37.6 Å². The number of epoxide rings is 1. The van der Waals surface area contributed by atoms with Crippen LogP contribution in [-0.2, 0) is 25.6 Å². The molecule has 1 fully saturated rings. The molecule has 21 heavy (non-hydrogen) atoms. The van der Waals surface area contributed by atoms with Crippen LogP contribution in [0.3, 0.4) is 0 Å². The second-order valence-electron chi connectivity index (χ2n) is 5.30. The van der Waals surface area contributed by atoms with Crippen molar-refractivity contribution in [1.82, 2.24) is 0 Å². The van der Waals surface area contributed by atoms with Crippen LogP contribution in [0.2, 0.25) is 0 Å². The van der Waals surface area contributed by atoms with Crippen molar-refractivity contribution in [1.29, 1.82) is 0 Å². The summed E-state index contributed by atoms with van der Waals surface area (Å²) in [7, 11) is 0. The maximum Gasteiger partial charge on any atom is 0.340 e. The molecule has 0 aliphatic carbocycles. The van der Waals surface area contributed by atoms with Crippen molar-refractivity contribution >= 4 is 17.3 Å². The molecular weight excluding hydrogens is 288 g/mol. The lowest BCUT2D eigenvalue weighted by atomic mass is 10.0. The van der Waals surface area contributed by atoms with Crippen LogP contribution in [0.1, 0.15) is 43.9 Å². The van der Waals surface area contributed by atoms with Gasteiger partial charge in [-0.3, -0.25) is 0 Å². The molecule has 4 nitrogen and oxygen atoms in total. The normalized spacial score (nSPS) is 20.4. The van der Waals surface area contributed by atoms with Crippen LogP contribution >= 0.6 is 11.3 Å². The van der Waals surface area contributed by atoms with Crippen LogP contribution in [0.25, 0.3) is 0 Å². The zero-order valence-electron chi connectivity index (χ0n) is 12.6. The third kappa shape index (κ3) is 5.41. The molecule has 0 radical (unpaired) electrons. The molecular formula is C16H24O4S. The maximum absolute atomic E-state index is 11.7. The Bertz CT molecular complexity index is 412. The Balaban J connectivity index is 1.44. The van der Waals surface area contributed by atoms with Gasteiger partial charge in [-0.15, -0.1) is 11.3 Å². The second-order valence-corrected chi connectivity index (χ2v) is 6.33. The van der Waals surface area contributed by atoms with Crippen LogP contribution in [0.5, 0.6) is 0 Å². The molecule has 0 amide bonds. The SMILES string of the molecule is CCOC(=O)C1(CCCCCCOCc2cccs2)CO1. The summed E-state index contributed by atoms with van der Waals surface area (Å²) in [6.07, 6.45) is 5.08. The molecule has 0 N–H and O–H groups in total. The average Bonchev–Trinajstić information content (AvgIpc) is 3.09. The second kappa shape index (κ2) is 8.51. The molecule has 1 aliphatic heterocycles. The van der Waals surface area contributed by atoms with Crippen LogP contribution < -0.4 is 0 Å². The molecule has 0 aromatic carbocycles. The predicted octanol–water partition coefficient (Wildman–Crippen LogP) is 3.55. The quantitative estimate of drug-likeness (QED) is 0.356. The summed E-state index contributed by atoms with van der Waals surface area (Å²) >= 11 is 1.73. The van der Waals surface area contributed by atoms with Crippen molar-refractivity contribution in [2.75, 3.05) is 19.8 Å². The highest BCUT2D eigenvalue weighted by Gasteiger charge is 2.52. The van der Waals surface area contributed by atoms with E-state index >= 15 is 0 Å². The molecule has 2 heterocycles. The van der Waals surface area contributed by atoms with E-state index in [1.807, 2.05) is 13.0 Å². The lowest BCUT2D eigenvalue weighted by molar-refractivity contribution is -0.149. The van der Waals surface area contributed by atoms with Gasteiger partial charge in [0.25, 0.3) is 0 Å². The summed E-state index contributed by atoms with van der Waals surface area (Å²) < 4.78 is 16.0. The van der Waals surface area contributed by atoms with Crippen molar-refractivity contribution in [3.05, 3.63) is 22.4 Å². The fourth-order valence-corrected chi connectivity index (χ4v) is 2.89. The molecule has 5 heteroatoms. The number of carbonyl (C=O) groups is 1. The van der Waals surface area contributed by atoms with E-state index in [2.05, 4.69) is 11.4 Å². The van der Waals surface area contributed by atoms with E-state index in [1.165, 1.54) is 4.88 Å². The van der Waals surface area contributed by atoms with Gasteiger partial charge in [0, 0.05) is 11.5 Å². The molecule has 1 aliphatic rings. The molecule has 1 aromatic rings. The number of carbonyl (C=O) groups excluding carboxylic acids is 1. The number of hydrogen-bond donors (Lipinski definition) is 0. The van der Waals surface area contributed by atoms with E-state index < -0.39 is 5.60 Å². The highest BCUT2D eigenvalue weighted by Crippen LogP contribution is 2.34. The van der Waals surface area contributed by atoms with E-state index in [4.69, 9.17) is 14.2 Å². The maximum atomic E-state index is 11.7. The first-order chi connectivity index (χ1) is 10.3. The van der Waals surface area contributed by atoms with Crippen molar-refractivity contribution in [3.63, 3.8) is 0 Å². The highest BCUT2D eigenvalue weighted by molar-refractivity contribution is 7.09. The minimum absolute atomic E-state index is 0.190. The van der Waals surface area contributed by atoms with E-state index in [9.17, 15) is 4.79 Å². The Morgan fingerprint density at radius 1 is 1.38 bits per heavy atom.